The number of carbonyl (C=O) groups is 1. The second-order valence-electron chi connectivity index (χ2n) is 3.97. The van der Waals surface area contributed by atoms with Gasteiger partial charge in [-0.25, -0.2) is 4.39 Å². The number of amides is 1. The zero-order valence-corrected chi connectivity index (χ0v) is 12.6. The second kappa shape index (κ2) is 6.11. The maximum atomic E-state index is 13.4. The number of anilines is 1. The summed E-state index contributed by atoms with van der Waals surface area (Å²) < 4.78 is 13.5. The Morgan fingerprint density at radius 3 is 2.50 bits per heavy atom. The highest BCUT2D eigenvalue weighted by atomic mass is 79.9. The predicted octanol–water partition coefficient (Wildman–Crippen LogP) is 3.47. The van der Waals surface area contributed by atoms with Crippen molar-refractivity contribution in [1.82, 2.24) is 0 Å². The molecule has 0 unspecified atom stereocenters. The van der Waals surface area contributed by atoms with Crippen molar-refractivity contribution in [3.05, 3.63) is 63.9 Å². The quantitative estimate of drug-likeness (QED) is 0.831. The van der Waals surface area contributed by atoms with Crippen LogP contribution in [0.2, 0.25) is 0 Å². The summed E-state index contributed by atoms with van der Waals surface area (Å²) in [6, 6.07) is 11.2. The summed E-state index contributed by atoms with van der Waals surface area (Å²) in [6.45, 7) is 0. The number of thiocarbonyl (C=S) groups is 1. The van der Waals surface area contributed by atoms with Crippen molar-refractivity contribution in [2.24, 2.45) is 5.73 Å². The zero-order chi connectivity index (χ0) is 14.7. The molecule has 0 atom stereocenters. The van der Waals surface area contributed by atoms with Gasteiger partial charge in [0.05, 0.1) is 15.7 Å². The lowest BCUT2D eigenvalue weighted by atomic mass is 10.1. The minimum Gasteiger partial charge on any atom is -0.389 e. The molecule has 0 spiro atoms. The zero-order valence-electron chi connectivity index (χ0n) is 10.2. The molecule has 0 fully saturated rings. The number of hydrogen-bond acceptors (Lipinski definition) is 2. The van der Waals surface area contributed by atoms with Gasteiger partial charge in [0.15, 0.2) is 0 Å². The maximum absolute atomic E-state index is 13.4. The van der Waals surface area contributed by atoms with Gasteiger partial charge in [-0.1, -0.05) is 30.4 Å². The van der Waals surface area contributed by atoms with Crippen molar-refractivity contribution in [3.8, 4) is 0 Å². The van der Waals surface area contributed by atoms with Gasteiger partial charge in [-0.2, -0.15) is 0 Å². The molecule has 2 aromatic rings. The highest BCUT2D eigenvalue weighted by Gasteiger charge is 2.15. The molecule has 0 heterocycles. The van der Waals surface area contributed by atoms with Gasteiger partial charge in [-0.3, -0.25) is 4.79 Å². The highest BCUT2D eigenvalue weighted by molar-refractivity contribution is 9.10. The van der Waals surface area contributed by atoms with E-state index in [0.29, 0.717) is 11.3 Å². The first-order valence-corrected chi connectivity index (χ1v) is 6.85. The lowest BCUT2D eigenvalue weighted by Crippen LogP contribution is -2.18. The van der Waals surface area contributed by atoms with Crippen molar-refractivity contribution in [1.29, 1.82) is 0 Å². The molecular weight excluding hydrogens is 343 g/mol. The van der Waals surface area contributed by atoms with Crippen molar-refractivity contribution in [2.45, 2.75) is 0 Å². The molecule has 0 aliphatic rings. The Labute approximate surface area is 129 Å². The van der Waals surface area contributed by atoms with E-state index in [1.165, 1.54) is 18.2 Å². The first-order chi connectivity index (χ1) is 9.50. The summed E-state index contributed by atoms with van der Waals surface area (Å²) in [5.74, 6) is -0.944. The van der Waals surface area contributed by atoms with Crippen LogP contribution in [0.4, 0.5) is 10.1 Å². The lowest BCUT2D eigenvalue weighted by Gasteiger charge is -2.11. The minimum atomic E-state index is -0.500. The van der Waals surface area contributed by atoms with E-state index in [2.05, 4.69) is 21.2 Å². The third kappa shape index (κ3) is 3.02. The van der Waals surface area contributed by atoms with Crippen LogP contribution < -0.4 is 11.1 Å². The number of nitrogens with one attached hydrogen (secondary N) is 1. The average molecular weight is 353 g/mol. The molecule has 0 aliphatic carbocycles. The molecule has 0 aliphatic heterocycles. The van der Waals surface area contributed by atoms with E-state index in [1.54, 1.807) is 24.3 Å². The van der Waals surface area contributed by atoms with E-state index in [1.807, 2.05) is 0 Å². The SMILES string of the molecule is NC(=S)c1ccccc1NC(=O)c1cccc(F)c1Br. The van der Waals surface area contributed by atoms with Gasteiger partial charge in [0.2, 0.25) is 0 Å². The largest absolute Gasteiger partial charge is 0.389 e. The summed E-state index contributed by atoms with van der Waals surface area (Å²) in [4.78, 5) is 12.3. The molecule has 6 heteroatoms. The van der Waals surface area contributed by atoms with E-state index in [4.69, 9.17) is 18.0 Å². The first kappa shape index (κ1) is 14.6. The summed E-state index contributed by atoms with van der Waals surface area (Å²) in [5, 5.41) is 2.67. The monoisotopic (exact) mass is 352 g/mol. The first-order valence-electron chi connectivity index (χ1n) is 5.65. The third-order valence-electron chi connectivity index (χ3n) is 2.64. The van der Waals surface area contributed by atoms with Crippen LogP contribution in [0.15, 0.2) is 46.9 Å². The molecule has 3 nitrogen and oxygen atoms in total. The van der Waals surface area contributed by atoms with Gasteiger partial charge >= 0.3 is 0 Å². The van der Waals surface area contributed by atoms with Crippen LogP contribution in [-0.4, -0.2) is 10.9 Å². The van der Waals surface area contributed by atoms with Crippen LogP contribution in [-0.2, 0) is 0 Å². The van der Waals surface area contributed by atoms with Crippen molar-refractivity contribution >= 4 is 44.7 Å². The predicted molar refractivity (Wildman–Crippen MR) is 84.4 cm³/mol. The number of nitrogens with two attached hydrogens (primary N) is 1. The molecule has 0 bridgehead atoms. The number of carbonyl (C=O) groups excluding carboxylic acids is 1. The minimum absolute atomic E-state index is 0.116. The number of benzene rings is 2. The molecule has 0 saturated carbocycles. The Morgan fingerprint density at radius 2 is 1.80 bits per heavy atom. The van der Waals surface area contributed by atoms with Crippen molar-refractivity contribution < 1.29 is 9.18 Å². The van der Waals surface area contributed by atoms with Crippen LogP contribution in [0.5, 0.6) is 0 Å². The van der Waals surface area contributed by atoms with Crippen LogP contribution in [0.3, 0.4) is 0 Å². The summed E-state index contributed by atoms with van der Waals surface area (Å²) >= 11 is 7.98. The molecule has 3 N–H and O–H groups in total. The van der Waals surface area contributed by atoms with Gasteiger partial charge in [-0.05, 0) is 40.2 Å². The Balaban J connectivity index is 2.33. The Morgan fingerprint density at radius 1 is 1.15 bits per heavy atom. The Kier molecular flexibility index (Phi) is 4.46. The van der Waals surface area contributed by atoms with Crippen LogP contribution >= 0.6 is 28.1 Å². The van der Waals surface area contributed by atoms with Gasteiger partial charge in [0.1, 0.15) is 10.8 Å². The highest BCUT2D eigenvalue weighted by Crippen LogP contribution is 2.22. The number of halogens is 2. The lowest BCUT2D eigenvalue weighted by molar-refractivity contribution is 0.102. The van der Waals surface area contributed by atoms with Gasteiger partial charge in [0, 0.05) is 5.56 Å². The fourth-order valence-electron chi connectivity index (χ4n) is 1.68. The van der Waals surface area contributed by atoms with Gasteiger partial charge in [-0.15, -0.1) is 0 Å². The third-order valence-corrected chi connectivity index (χ3v) is 3.66. The molecule has 0 saturated heterocycles. The molecular formula is C14H10BrFN2OS. The summed E-state index contributed by atoms with van der Waals surface area (Å²) in [5.41, 5.74) is 6.84. The topological polar surface area (TPSA) is 55.1 Å². The van der Waals surface area contributed by atoms with Crippen LogP contribution in [0, 0.1) is 5.82 Å². The number of rotatable bonds is 3. The van der Waals surface area contributed by atoms with E-state index in [0.717, 1.165) is 0 Å². The Bertz CT molecular complexity index is 691. The van der Waals surface area contributed by atoms with Crippen molar-refractivity contribution in [2.75, 3.05) is 5.32 Å². The molecule has 2 rings (SSSR count). The Hall–Kier alpha value is -1.79. The molecule has 0 aromatic heterocycles. The normalized spacial score (nSPS) is 10.1. The number of para-hydroxylation sites is 1. The molecule has 0 radical (unpaired) electrons. The fourth-order valence-corrected chi connectivity index (χ4v) is 2.30. The van der Waals surface area contributed by atoms with Crippen LogP contribution in [0.25, 0.3) is 0 Å². The smallest absolute Gasteiger partial charge is 0.256 e. The molecule has 1 amide bonds. The van der Waals surface area contributed by atoms with Gasteiger partial charge in [0.25, 0.3) is 5.91 Å². The summed E-state index contributed by atoms with van der Waals surface area (Å²) in [7, 11) is 0. The van der Waals surface area contributed by atoms with Crippen LogP contribution in [0.1, 0.15) is 15.9 Å². The summed E-state index contributed by atoms with van der Waals surface area (Å²) in [6.07, 6.45) is 0. The maximum Gasteiger partial charge on any atom is 0.256 e. The standard InChI is InChI=1S/C14H10BrFN2OS/c15-12-9(5-3-6-10(12)16)14(19)18-11-7-2-1-4-8(11)13(17)20/h1-7H,(H2,17,20)(H,18,19). The van der Waals surface area contributed by atoms with Crippen molar-refractivity contribution in [3.63, 3.8) is 0 Å². The fraction of sp³-hybridized carbons (Fsp3) is 0. The molecule has 102 valence electrons. The van der Waals surface area contributed by atoms with E-state index < -0.39 is 11.7 Å². The number of hydrogen-bond donors (Lipinski definition) is 2. The molecule has 20 heavy (non-hydrogen) atoms. The molecule has 2 aromatic carbocycles. The van der Waals surface area contributed by atoms with E-state index >= 15 is 0 Å². The van der Waals surface area contributed by atoms with E-state index in [-0.39, 0.29) is 15.0 Å². The second-order valence-corrected chi connectivity index (χ2v) is 5.20. The average Bonchev–Trinajstić information content (AvgIpc) is 2.42. The van der Waals surface area contributed by atoms with Gasteiger partial charge < -0.3 is 11.1 Å². The van der Waals surface area contributed by atoms with E-state index in [9.17, 15) is 9.18 Å².